The number of methoxy groups -OCH3 is 2. The fourth-order valence-corrected chi connectivity index (χ4v) is 1.91. The lowest BCUT2D eigenvalue weighted by Gasteiger charge is -2.07. The topological polar surface area (TPSA) is 92.9 Å². The third-order valence-corrected chi connectivity index (χ3v) is 3.19. The van der Waals surface area contributed by atoms with Gasteiger partial charge in [-0.2, -0.15) is 10.4 Å². The average Bonchev–Trinajstić information content (AvgIpc) is 2.66. The molecule has 2 rings (SSSR count). The van der Waals surface area contributed by atoms with Crippen molar-refractivity contribution in [3.05, 3.63) is 53.6 Å². The smallest absolute Gasteiger partial charge is 0.277 e. The van der Waals surface area contributed by atoms with Crippen molar-refractivity contribution in [3.63, 3.8) is 0 Å². The second-order valence-corrected chi connectivity index (χ2v) is 4.83. The molecule has 1 amide bonds. The molecule has 7 nitrogen and oxygen atoms in total. The van der Waals surface area contributed by atoms with Crippen LogP contribution in [-0.4, -0.2) is 32.9 Å². The number of hydrogen-bond donors (Lipinski definition) is 1. The van der Waals surface area contributed by atoms with E-state index < -0.39 is 5.91 Å². The number of carbonyl (C=O) groups excluding carboxylic acids is 1. The third kappa shape index (κ3) is 5.25. The molecule has 0 aliphatic rings. The summed E-state index contributed by atoms with van der Waals surface area (Å²) in [6.07, 6.45) is 1.47. The van der Waals surface area contributed by atoms with E-state index in [1.165, 1.54) is 13.3 Å². The first-order valence-corrected chi connectivity index (χ1v) is 7.33. The molecule has 0 aliphatic carbocycles. The van der Waals surface area contributed by atoms with E-state index >= 15 is 0 Å². The van der Waals surface area contributed by atoms with E-state index in [1.807, 2.05) is 6.07 Å². The van der Waals surface area contributed by atoms with Gasteiger partial charge in [-0.25, -0.2) is 5.43 Å². The first-order valence-electron chi connectivity index (χ1n) is 7.33. The first-order chi connectivity index (χ1) is 12.2. The molecule has 7 heteroatoms. The second-order valence-electron chi connectivity index (χ2n) is 4.83. The molecule has 0 aromatic heterocycles. The molecule has 25 heavy (non-hydrogen) atoms. The van der Waals surface area contributed by atoms with E-state index in [0.29, 0.717) is 28.4 Å². The van der Waals surface area contributed by atoms with Crippen molar-refractivity contribution < 1.29 is 19.0 Å². The van der Waals surface area contributed by atoms with Crippen LogP contribution < -0.4 is 19.6 Å². The molecule has 2 aromatic rings. The van der Waals surface area contributed by atoms with Gasteiger partial charge in [-0.15, -0.1) is 0 Å². The predicted octanol–water partition coefficient (Wildman–Crippen LogP) is 2.10. The molecule has 0 atom stereocenters. The van der Waals surface area contributed by atoms with Crippen LogP contribution in [0.3, 0.4) is 0 Å². The van der Waals surface area contributed by atoms with Gasteiger partial charge in [0.05, 0.1) is 32.1 Å². The molecule has 1 N–H and O–H groups in total. The van der Waals surface area contributed by atoms with Gasteiger partial charge in [0, 0.05) is 11.6 Å². The molecule has 0 heterocycles. The number of rotatable bonds is 7. The Morgan fingerprint density at radius 3 is 2.52 bits per heavy atom. The Kier molecular flexibility index (Phi) is 6.37. The van der Waals surface area contributed by atoms with Crippen LogP contribution in [0.5, 0.6) is 17.2 Å². The molecule has 0 saturated heterocycles. The van der Waals surface area contributed by atoms with Gasteiger partial charge in [-0.3, -0.25) is 4.79 Å². The quantitative estimate of drug-likeness (QED) is 0.616. The highest BCUT2D eigenvalue weighted by Crippen LogP contribution is 2.22. The zero-order valence-electron chi connectivity index (χ0n) is 13.9. The summed E-state index contributed by atoms with van der Waals surface area (Å²) < 4.78 is 15.7. The minimum absolute atomic E-state index is 0.191. The first kappa shape index (κ1) is 17.8. The minimum atomic E-state index is -0.409. The summed E-state index contributed by atoms with van der Waals surface area (Å²) in [7, 11) is 3.10. The summed E-state index contributed by atoms with van der Waals surface area (Å²) in [6, 6.07) is 13.7. The van der Waals surface area contributed by atoms with Gasteiger partial charge in [-0.05, 0) is 36.4 Å². The van der Waals surface area contributed by atoms with Crippen LogP contribution in [0.1, 0.15) is 11.1 Å². The summed E-state index contributed by atoms with van der Waals surface area (Å²) in [5.41, 5.74) is 3.58. The monoisotopic (exact) mass is 339 g/mol. The highest BCUT2D eigenvalue weighted by molar-refractivity contribution is 5.85. The zero-order valence-corrected chi connectivity index (χ0v) is 13.9. The van der Waals surface area contributed by atoms with Crippen LogP contribution in [0.2, 0.25) is 0 Å². The molecule has 0 spiro atoms. The molecule has 0 aliphatic heterocycles. The van der Waals surface area contributed by atoms with E-state index in [1.54, 1.807) is 49.6 Å². The summed E-state index contributed by atoms with van der Waals surface area (Å²) in [4.78, 5) is 11.7. The molecule has 128 valence electrons. The molecule has 0 unspecified atom stereocenters. The Morgan fingerprint density at radius 2 is 1.88 bits per heavy atom. The average molecular weight is 339 g/mol. The number of nitriles is 1. The van der Waals surface area contributed by atoms with Crippen LogP contribution in [-0.2, 0) is 4.79 Å². The third-order valence-electron chi connectivity index (χ3n) is 3.19. The van der Waals surface area contributed by atoms with Gasteiger partial charge in [0.25, 0.3) is 5.91 Å². The highest BCUT2D eigenvalue weighted by Gasteiger charge is 2.04. The lowest BCUT2D eigenvalue weighted by Crippen LogP contribution is -2.24. The van der Waals surface area contributed by atoms with Gasteiger partial charge in [0.15, 0.2) is 6.61 Å². The summed E-state index contributed by atoms with van der Waals surface area (Å²) in [5.74, 6) is 1.32. The second kappa shape index (κ2) is 8.93. The molecule has 0 radical (unpaired) electrons. The molecule has 0 saturated carbocycles. The van der Waals surface area contributed by atoms with Crippen molar-refractivity contribution in [2.24, 2.45) is 5.10 Å². The van der Waals surface area contributed by atoms with Gasteiger partial charge in [0.1, 0.15) is 17.2 Å². The maximum atomic E-state index is 11.7. The lowest BCUT2D eigenvalue weighted by molar-refractivity contribution is -0.123. The van der Waals surface area contributed by atoms with Crippen molar-refractivity contribution in [2.75, 3.05) is 20.8 Å². The Labute approximate surface area is 145 Å². The van der Waals surface area contributed by atoms with Gasteiger partial charge in [-0.1, -0.05) is 0 Å². The van der Waals surface area contributed by atoms with Crippen molar-refractivity contribution in [1.29, 1.82) is 5.26 Å². The molecule has 0 fully saturated rings. The maximum absolute atomic E-state index is 11.7. The molecule has 0 bridgehead atoms. The van der Waals surface area contributed by atoms with Crippen LogP contribution in [0.4, 0.5) is 0 Å². The fourth-order valence-electron chi connectivity index (χ4n) is 1.91. The Bertz CT molecular complexity index is 795. The van der Waals surface area contributed by atoms with E-state index in [-0.39, 0.29) is 6.61 Å². The van der Waals surface area contributed by atoms with Gasteiger partial charge >= 0.3 is 0 Å². The summed E-state index contributed by atoms with van der Waals surface area (Å²) >= 11 is 0. The van der Waals surface area contributed by atoms with Crippen LogP contribution >= 0.6 is 0 Å². The number of nitrogens with one attached hydrogen (secondary N) is 1. The number of carbonyl (C=O) groups is 1. The SMILES string of the molecule is COc1ccc(/C=N/NC(=O)COc2ccc(C#N)cc2)c(OC)c1. The van der Waals surface area contributed by atoms with Gasteiger partial charge in [0.2, 0.25) is 0 Å². The number of hydrogen-bond acceptors (Lipinski definition) is 6. The van der Waals surface area contributed by atoms with Crippen molar-refractivity contribution in [2.45, 2.75) is 0 Å². The normalized spacial score (nSPS) is 10.1. The van der Waals surface area contributed by atoms with E-state index in [4.69, 9.17) is 19.5 Å². The summed E-state index contributed by atoms with van der Waals surface area (Å²) in [5, 5.41) is 12.6. The van der Waals surface area contributed by atoms with E-state index in [0.717, 1.165) is 0 Å². The number of benzene rings is 2. The predicted molar refractivity (Wildman–Crippen MR) is 91.9 cm³/mol. The number of hydrazone groups is 1. The lowest BCUT2D eigenvalue weighted by atomic mass is 10.2. The highest BCUT2D eigenvalue weighted by atomic mass is 16.5. The van der Waals surface area contributed by atoms with E-state index in [9.17, 15) is 4.79 Å². The number of ether oxygens (including phenoxy) is 3. The van der Waals surface area contributed by atoms with Crippen LogP contribution in [0.25, 0.3) is 0 Å². The standard InChI is InChI=1S/C18H17N3O4/c1-23-16-8-5-14(17(9-16)24-2)11-20-21-18(22)12-25-15-6-3-13(10-19)4-7-15/h3-9,11H,12H2,1-2H3,(H,21,22)/b20-11+. The van der Waals surface area contributed by atoms with Crippen molar-refractivity contribution in [3.8, 4) is 23.3 Å². The fraction of sp³-hybridized carbons (Fsp3) is 0.167. The van der Waals surface area contributed by atoms with Crippen molar-refractivity contribution in [1.82, 2.24) is 5.43 Å². The van der Waals surface area contributed by atoms with E-state index in [2.05, 4.69) is 10.5 Å². The number of nitrogens with zero attached hydrogens (tertiary/aromatic N) is 2. The maximum Gasteiger partial charge on any atom is 0.277 e. The summed E-state index contributed by atoms with van der Waals surface area (Å²) in [6.45, 7) is -0.191. The Morgan fingerprint density at radius 1 is 1.16 bits per heavy atom. The Hall–Kier alpha value is -3.53. The largest absolute Gasteiger partial charge is 0.497 e. The number of amides is 1. The molecule has 2 aromatic carbocycles. The van der Waals surface area contributed by atoms with Crippen LogP contribution in [0, 0.1) is 11.3 Å². The molecular weight excluding hydrogens is 322 g/mol. The molecular formula is C18H17N3O4. The Balaban J connectivity index is 1.86. The zero-order chi connectivity index (χ0) is 18.1. The van der Waals surface area contributed by atoms with Crippen molar-refractivity contribution >= 4 is 12.1 Å². The van der Waals surface area contributed by atoms with Crippen LogP contribution in [0.15, 0.2) is 47.6 Å². The minimum Gasteiger partial charge on any atom is -0.497 e. The van der Waals surface area contributed by atoms with Gasteiger partial charge < -0.3 is 14.2 Å².